The van der Waals surface area contributed by atoms with Gasteiger partial charge in [-0.25, -0.2) is 0 Å². The Bertz CT molecular complexity index is 835. The average molecular weight is 430 g/mol. The smallest absolute Gasteiger partial charge is 0.233 e. The van der Waals surface area contributed by atoms with Crippen molar-refractivity contribution in [2.24, 2.45) is 17.8 Å². The van der Waals surface area contributed by atoms with Crippen LogP contribution in [0.1, 0.15) is 44.1 Å². The molecule has 4 bridgehead atoms. The quantitative estimate of drug-likeness (QED) is 0.600. The highest BCUT2D eigenvalue weighted by molar-refractivity contribution is 8.01. The fraction of sp³-hybridized carbons (Fsp3) is 0.591. The van der Waals surface area contributed by atoms with Crippen molar-refractivity contribution < 1.29 is 9.53 Å². The maximum Gasteiger partial charge on any atom is 0.233 e. The lowest BCUT2D eigenvalue weighted by Gasteiger charge is -2.60. The Balaban J connectivity index is 1.41. The molecule has 5 nitrogen and oxygen atoms in total. The summed E-state index contributed by atoms with van der Waals surface area (Å²) in [6.45, 7) is 0.666. The Morgan fingerprint density at radius 1 is 1.24 bits per heavy atom. The molecule has 0 spiro atoms. The van der Waals surface area contributed by atoms with Crippen LogP contribution in [0.2, 0.25) is 0 Å². The number of hydrogen-bond acceptors (Lipinski definition) is 6. The third-order valence-corrected chi connectivity index (χ3v) is 8.86. The molecule has 0 N–H and O–H groups in total. The maximum atomic E-state index is 13.5. The fourth-order valence-corrected chi connectivity index (χ4v) is 7.66. The summed E-state index contributed by atoms with van der Waals surface area (Å²) >= 11 is 3.01. The normalized spacial score (nSPS) is 29.8. The van der Waals surface area contributed by atoms with Gasteiger partial charge in [0.05, 0.1) is 12.9 Å². The van der Waals surface area contributed by atoms with Crippen LogP contribution in [0.25, 0.3) is 0 Å². The standard InChI is InChI=1S/C22H27N3O2S2/c1-27-19-4-2-3-15(8-19)12-25(20(26)13-28-21-24-23-14-29-21)22-9-16-5-17(10-22)7-18(6-16)11-22/h2-4,8,14,16-18H,5-7,9-13H2,1H3. The zero-order valence-corrected chi connectivity index (χ0v) is 18.4. The lowest BCUT2D eigenvalue weighted by atomic mass is 9.52. The number of ether oxygens (including phenoxy) is 1. The van der Waals surface area contributed by atoms with Gasteiger partial charge in [0.1, 0.15) is 11.3 Å². The molecule has 1 aromatic carbocycles. The van der Waals surface area contributed by atoms with Gasteiger partial charge in [-0.2, -0.15) is 0 Å². The van der Waals surface area contributed by atoms with E-state index in [-0.39, 0.29) is 11.4 Å². The molecule has 2 aromatic rings. The van der Waals surface area contributed by atoms with Crippen LogP contribution in [0, 0.1) is 17.8 Å². The Labute approximate surface area is 180 Å². The molecule has 154 valence electrons. The van der Waals surface area contributed by atoms with E-state index in [1.165, 1.54) is 61.6 Å². The lowest BCUT2D eigenvalue weighted by Crippen LogP contribution is -2.61. The molecule has 4 saturated carbocycles. The highest BCUT2D eigenvalue weighted by Crippen LogP contribution is 2.58. The largest absolute Gasteiger partial charge is 0.497 e. The van der Waals surface area contributed by atoms with Crippen LogP contribution in [0.15, 0.2) is 34.1 Å². The monoisotopic (exact) mass is 429 g/mol. The summed E-state index contributed by atoms with van der Waals surface area (Å²) in [6, 6.07) is 8.16. The summed E-state index contributed by atoms with van der Waals surface area (Å²) < 4.78 is 6.29. The van der Waals surface area contributed by atoms with Crippen LogP contribution >= 0.6 is 23.1 Å². The molecule has 4 aliphatic rings. The molecule has 1 aromatic heterocycles. The van der Waals surface area contributed by atoms with Gasteiger partial charge in [-0.3, -0.25) is 4.79 Å². The number of methoxy groups -OCH3 is 1. The van der Waals surface area contributed by atoms with Gasteiger partial charge in [0.25, 0.3) is 0 Å². The van der Waals surface area contributed by atoms with Crippen molar-refractivity contribution in [1.82, 2.24) is 15.1 Å². The van der Waals surface area contributed by atoms with E-state index in [9.17, 15) is 4.79 Å². The van der Waals surface area contributed by atoms with Crippen LogP contribution in [-0.2, 0) is 11.3 Å². The second-order valence-corrected chi connectivity index (χ2v) is 11.0. The third-order valence-electron chi connectivity index (χ3n) is 7.01. The summed E-state index contributed by atoms with van der Waals surface area (Å²) in [5.74, 6) is 3.92. The Hall–Kier alpha value is -1.60. The SMILES string of the molecule is COc1cccc(CN(C(=O)CSc2nncs2)C23CC4CC(CC(C4)C2)C3)c1. The topological polar surface area (TPSA) is 55.3 Å². The van der Waals surface area contributed by atoms with Gasteiger partial charge in [-0.05, 0) is 74.0 Å². The van der Waals surface area contributed by atoms with Crippen LogP contribution < -0.4 is 4.74 Å². The summed E-state index contributed by atoms with van der Waals surface area (Å²) in [4.78, 5) is 15.8. The summed E-state index contributed by atoms with van der Waals surface area (Å²) in [5, 5.41) is 7.99. The predicted octanol–water partition coefficient (Wildman–Crippen LogP) is 4.64. The molecule has 7 heteroatoms. The van der Waals surface area contributed by atoms with Crippen molar-refractivity contribution in [1.29, 1.82) is 0 Å². The minimum atomic E-state index is 0.0383. The van der Waals surface area contributed by atoms with Crippen LogP contribution in [0.4, 0.5) is 0 Å². The molecule has 0 atom stereocenters. The Morgan fingerprint density at radius 2 is 1.97 bits per heavy atom. The first-order chi connectivity index (χ1) is 14.1. The summed E-state index contributed by atoms with van der Waals surface area (Å²) in [6.07, 6.45) is 7.66. The van der Waals surface area contributed by atoms with E-state index in [2.05, 4.69) is 27.2 Å². The van der Waals surface area contributed by atoms with Crippen molar-refractivity contribution >= 4 is 29.0 Å². The van der Waals surface area contributed by atoms with E-state index >= 15 is 0 Å². The van der Waals surface area contributed by atoms with Gasteiger partial charge in [0.15, 0.2) is 4.34 Å². The molecule has 1 amide bonds. The van der Waals surface area contributed by atoms with Crippen LogP contribution in [-0.4, -0.2) is 39.4 Å². The molecule has 4 aliphatic carbocycles. The number of rotatable bonds is 7. The van der Waals surface area contributed by atoms with Gasteiger partial charge in [-0.15, -0.1) is 10.2 Å². The molecule has 4 fully saturated rings. The second kappa shape index (κ2) is 7.91. The molecule has 6 rings (SSSR count). The van der Waals surface area contributed by atoms with Crippen molar-refractivity contribution in [3.63, 3.8) is 0 Å². The second-order valence-electron chi connectivity index (χ2n) is 8.97. The van der Waals surface area contributed by atoms with Crippen molar-refractivity contribution in [2.75, 3.05) is 12.9 Å². The van der Waals surface area contributed by atoms with Gasteiger partial charge in [0.2, 0.25) is 5.91 Å². The minimum Gasteiger partial charge on any atom is -0.497 e. The maximum absolute atomic E-state index is 13.5. The van der Waals surface area contributed by atoms with E-state index in [1.807, 2.05) is 12.1 Å². The molecule has 0 aliphatic heterocycles. The zero-order chi connectivity index (χ0) is 19.8. The van der Waals surface area contributed by atoms with Crippen molar-refractivity contribution in [3.8, 4) is 5.75 Å². The summed E-state index contributed by atoms with van der Waals surface area (Å²) in [7, 11) is 1.69. The predicted molar refractivity (Wildman–Crippen MR) is 115 cm³/mol. The van der Waals surface area contributed by atoms with Crippen molar-refractivity contribution in [2.45, 2.75) is 54.9 Å². The first-order valence-electron chi connectivity index (χ1n) is 10.5. The Kier molecular flexibility index (Phi) is 5.28. The number of nitrogens with zero attached hydrogens (tertiary/aromatic N) is 3. The number of benzene rings is 1. The average Bonchev–Trinajstić information content (AvgIpc) is 3.23. The van der Waals surface area contributed by atoms with E-state index in [4.69, 9.17) is 4.74 Å². The van der Waals surface area contributed by atoms with Gasteiger partial charge in [0, 0.05) is 12.1 Å². The molecule has 0 radical (unpaired) electrons. The zero-order valence-electron chi connectivity index (χ0n) is 16.8. The first-order valence-corrected chi connectivity index (χ1v) is 12.3. The van der Waals surface area contributed by atoms with E-state index in [0.29, 0.717) is 12.3 Å². The molecule has 1 heterocycles. The van der Waals surface area contributed by atoms with Gasteiger partial charge < -0.3 is 9.64 Å². The fourth-order valence-electron chi connectivity index (χ4n) is 6.30. The van der Waals surface area contributed by atoms with E-state index in [0.717, 1.165) is 33.4 Å². The molecule has 29 heavy (non-hydrogen) atoms. The number of aromatic nitrogens is 2. The van der Waals surface area contributed by atoms with Crippen LogP contribution in [0.5, 0.6) is 5.75 Å². The Morgan fingerprint density at radius 3 is 2.59 bits per heavy atom. The van der Waals surface area contributed by atoms with Crippen LogP contribution in [0.3, 0.4) is 0 Å². The summed E-state index contributed by atoms with van der Waals surface area (Å²) in [5.41, 5.74) is 2.91. The van der Waals surface area contributed by atoms with Gasteiger partial charge in [-0.1, -0.05) is 35.2 Å². The highest BCUT2D eigenvalue weighted by atomic mass is 32.2. The number of hydrogen-bond donors (Lipinski definition) is 0. The highest BCUT2D eigenvalue weighted by Gasteiger charge is 2.54. The molecule has 0 saturated heterocycles. The van der Waals surface area contributed by atoms with Crippen molar-refractivity contribution in [3.05, 3.63) is 35.3 Å². The number of carbonyl (C=O) groups is 1. The van der Waals surface area contributed by atoms with E-state index < -0.39 is 0 Å². The first kappa shape index (κ1) is 19.4. The number of thioether (sulfide) groups is 1. The molecular weight excluding hydrogens is 402 g/mol. The molecular formula is C22H27N3O2S2. The molecule has 0 unspecified atom stereocenters. The number of carbonyl (C=O) groups excluding carboxylic acids is 1. The van der Waals surface area contributed by atoms with Gasteiger partial charge >= 0.3 is 0 Å². The third kappa shape index (κ3) is 3.91. The van der Waals surface area contributed by atoms with E-state index in [1.54, 1.807) is 12.6 Å². The lowest BCUT2D eigenvalue weighted by molar-refractivity contribution is -0.149. The number of amides is 1. The minimum absolute atomic E-state index is 0.0383.